The van der Waals surface area contributed by atoms with E-state index in [1.165, 1.54) is 12.5 Å². The van der Waals surface area contributed by atoms with Gasteiger partial charge in [0.2, 0.25) is 0 Å². The summed E-state index contributed by atoms with van der Waals surface area (Å²) in [5, 5.41) is 3.28. The lowest BCUT2D eigenvalue weighted by molar-refractivity contribution is 0.152. The smallest absolute Gasteiger partial charge is 0.265 e. The number of hydrogen-bond acceptors (Lipinski definition) is 2. The summed E-state index contributed by atoms with van der Waals surface area (Å²) in [4.78, 5) is 0. The van der Waals surface area contributed by atoms with Crippen molar-refractivity contribution >= 4 is 11.4 Å². The highest BCUT2D eigenvalue weighted by Crippen LogP contribution is 2.34. The summed E-state index contributed by atoms with van der Waals surface area (Å²) in [6, 6.07) is 4.98. The molecule has 0 saturated heterocycles. The molecule has 1 fully saturated rings. The van der Waals surface area contributed by atoms with Gasteiger partial charge in [0.25, 0.3) is 6.43 Å². The van der Waals surface area contributed by atoms with Crippen LogP contribution in [-0.2, 0) is 0 Å². The second-order valence-corrected chi connectivity index (χ2v) is 5.91. The normalized spacial score (nSPS) is 27.5. The van der Waals surface area contributed by atoms with Crippen molar-refractivity contribution in [2.24, 2.45) is 11.8 Å². The van der Waals surface area contributed by atoms with Gasteiger partial charge in [0.05, 0.1) is 0 Å². The maximum atomic E-state index is 13.0. The Morgan fingerprint density at radius 3 is 2.37 bits per heavy atom. The number of halogens is 2. The number of hydrogen-bond donors (Lipinski definition) is 2. The Kier molecular flexibility index (Phi) is 4.27. The minimum absolute atomic E-state index is 0.00544. The zero-order valence-electron chi connectivity index (χ0n) is 11.5. The lowest BCUT2D eigenvalue weighted by Gasteiger charge is -2.33. The van der Waals surface area contributed by atoms with E-state index in [4.69, 9.17) is 5.73 Å². The predicted octanol–water partition coefficient (Wildman–Crippen LogP) is 4.44. The number of rotatable bonds is 3. The van der Waals surface area contributed by atoms with Crippen LogP contribution in [0.5, 0.6) is 0 Å². The highest BCUT2D eigenvalue weighted by molar-refractivity contribution is 5.59. The van der Waals surface area contributed by atoms with Crippen LogP contribution in [0.3, 0.4) is 0 Å². The zero-order valence-corrected chi connectivity index (χ0v) is 11.5. The van der Waals surface area contributed by atoms with Gasteiger partial charge in [-0.3, -0.25) is 0 Å². The van der Waals surface area contributed by atoms with Gasteiger partial charge in [-0.15, -0.1) is 0 Å². The van der Waals surface area contributed by atoms with Gasteiger partial charge in [-0.2, -0.15) is 0 Å². The summed E-state index contributed by atoms with van der Waals surface area (Å²) in [6.07, 6.45) is 0.806. The lowest BCUT2D eigenvalue weighted by atomic mass is 9.80. The largest absolute Gasteiger partial charge is 0.399 e. The van der Waals surface area contributed by atoms with E-state index in [9.17, 15) is 8.78 Å². The molecule has 0 amide bonds. The molecule has 106 valence electrons. The summed E-state index contributed by atoms with van der Waals surface area (Å²) >= 11 is 0. The molecule has 0 aromatic heterocycles. The fraction of sp³-hybridized carbons (Fsp3) is 0.600. The third kappa shape index (κ3) is 3.58. The third-order valence-corrected chi connectivity index (χ3v) is 3.85. The molecule has 0 aliphatic heterocycles. The number of nitrogen functional groups attached to an aromatic ring is 1. The SMILES string of the molecule is CC1CC(C)CC(Nc2ccc(N)cc2C(F)F)C1. The van der Waals surface area contributed by atoms with Crippen LogP contribution >= 0.6 is 0 Å². The molecule has 2 nitrogen and oxygen atoms in total. The van der Waals surface area contributed by atoms with Gasteiger partial charge in [0, 0.05) is 23.0 Å². The van der Waals surface area contributed by atoms with E-state index in [1.807, 2.05) is 0 Å². The fourth-order valence-corrected chi connectivity index (χ4v) is 3.18. The van der Waals surface area contributed by atoms with E-state index in [0.29, 0.717) is 23.2 Å². The van der Waals surface area contributed by atoms with E-state index in [1.54, 1.807) is 12.1 Å². The van der Waals surface area contributed by atoms with E-state index < -0.39 is 6.43 Å². The van der Waals surface area contributed by atoms with Crippen molar-refractivity contribution in [2.45, 2.75) is 45.6 Å². The molecule has 3 N–H and O–H groups in total. The van der Waals surface area contributed by atoms with Gasteiger partial charge >= 0.3 is 0 Å². The first-order valence-corrected chi connectivity index (χ1v) is 6.89. The molecule has 4 heteroatoms. The molecule has 19 heavy (non-hydrogen) atoms. The Morgan fingerprint density at radius 2 is 1.79 bits per heavy atom. The van der Waals surface area contributed by atoms with Gasteiger partial charge in [-0.1, -0.05) is 13.8 Å². The molecule has 0 spiro atoms. The van der Waals surface area contributed by atoms with Gasteiger partial charge in [0.1, 0.15) is 0 Å². The Bertz CT molecular complexity index is 424. The molecule has 0 radical (unpaired) electrons. The van der Waals surface area contributed by atoms with Crippen LogP contribution in [0.4, 0.5) is 20.2 Å². The third-order valence-electron chi connectivity index (χ3n) is 3.85. The van der Waals surface area contributed by atoms with Crippen molar-refractivity contribution in [3.63, 3.8) is 0 Å². The average Bonchev–Trinajstić information content (AvgIpc) is 2.30. The molecule has 1 aromatic rings. The van der Waals surface area contributed by atoms with Gasteiger partial charge in [0.15, 0.2) is 0 Å². The van der Waals surface area contributed by atoms with E-state index in [2.05, 4.69) is 19.2 Å². The minimum atomic E-state index is -2.50. The molecular weight excluding hydrogens is 246 g/mol. The molecular formula is C15H22F2N2. The van der Waals surface area contributed by atoms with Crippen molar-refractivity contribution < 1.29 is 8.78 Å². The monoisotopic (exact) mass is 268 g/mol. The first-order chi connectivity index (χ1) is 8.95. The number of alkyl halides is 2. The number of nitrogens with one attached hydrogen (secondary N) is 1. The van der Waals surface area contributed by atoms with Crippen LogP contribution in [0.25, 0.3) is 0 Å². The molecule has 2 rings (SSSR count). The summed E-state index contributed by atoms with van der Waals surface area (Å²) in [5.41, 5.74) is 6.49. The lowest BCUT2D eigenvalue weighted by Crippen LogP contribution is -2.30. The highest BCUT2D eigenvalue weighted by atomic mass is 19.3. The van der Waals surface area contributed by atoms with Crippen molar-refractivity contribution in [3.8, 4) is 0 Å². The van der Waals surface area contributed by atoms with Crippen LogP contribution in [0, 0.1) is 11.8 Å². The quantitative estimate of drug-likeness (QED) is 0.795. The highest BCUT2D eigenvalue weighted by Gasteiger charge is 2.25. The first kappa shape index (κ1) is 14.1. The standard InChI is InChI=1S/C15H22F2N2/c1-9-5-10(2)7-12(6-9)19-14-4-3-11(18)8-13(14)15(16)17/h3-4,8-10,12,15,19H,5-7,18H2,1-2H3. The molecule has 1 saturated carbocycles. The maximum Gasteiger partial charge on any atom is 0.265 e. The number of nitrogens with two attached hydrogens (primary N) is 1. The van der Waals surface area contributed by atoms with Gasteiger partial charge in [-0.05, 0) is 49.3 Å². The molecule has 0 heterocycles. The summed E-state index contributed by atoms with van der Waals surface area (Å²) in [7, 11) is 0. The molecule has 2 atom stereocenters. The van der Waals surface area contributed by atoms with Crippen molar-refractivity contribution in [1.82, 2.24) is 0 Å². The molecule has 2 unspecified atom stereocenters. The van der Waals surface area contributed by atoms with Gasteiger partial charge < -0.3 is 11.1 Å². The Hall–Kier alpha value is -1.32. The topological polar surface area (TPSA) is 38.0 Å². The van der Waals surface area contributed by atoms with Crippen LogP contribution in [0.1, 0.15) is 45.1 Å². The fourth-order valence-electron chi connectivity index (χ4n) is 3.18. The van der Waals surface area contributed by atoms with E-state index in [-0.39, 0.29) is 11.6 Å². The first-order valence-electron chi connectivity index (χ1n) is 6.89. The number of anilines is 2. The molecule has 0 bridgehead atoms. The van der Waals surface area contributed by atoms with Gasteiger partial charge in [-0.25, -0.2) is 8.78 Å². The van der Waals surface area contributed by atoms with Crippen LogP contribution in [0.15, 0.2) is 18.2 Å². The maximum absolute atomic E-state index is 13.0. The van der Waals surface area contributed by atoms with Crippen LogP contribution in [0.2, 0.25) is 0 Å². The summed E-state index contributed by atoms with van der Waals surface area (Å²) in [5.74, 6) is 1.29. The Labute approximate surface area is 113 Å². The Balaban J connectivity index is 2.14. The van der Waals surface area contributed by atoms with Crippen LogP contribution in [-0.4, -0.2) is 6.04 Å². The zero-order chi connectivity index (χ0) is 14.0. The van der Waals surface area contributed by atoms with E-state index >= 15 is 0 Å². The van der Waals surface area contributed by atoms with Crippen LogP contribution < -0.4 is 11.1 Å². The van der Waals surface area contributed by atoms with Crippen molar-refractivity contribution in [2.75, 3.05) is 11.1 Å². The summed E-state index contributed by atoms with van der Waals surface area (Å²) < 4.78 is 26.0. The predicted molar refractivity (Wildman–Crippen MR) is 75.4 cm³/mol. The van der Waals surface area contributed by atoms with Crippen molar-refractivity contribution in [3.05, 3.63) is 23.8 Å². The average molecular weight is 268 g/mol. The number of benzene rings is 1. The second kappa shape index (κ2) is 5.76. The molecule has 1 aliphatic carbocycles. The van der Waals surface area contributed by atoms with E-state index in [0.717, 1.165) is 12.8 Å². The molecule has 1 aromatic carbocycles. The van der Waals surface area contributed by atoms with Crippen molar-refractivity contribution in [1.29, 1.82) is 0 Å². The summed E-state index contributed by atoms with van der Waals surface area (Å²) in [6.45, 7) is 4.45. The Morgan fingerprint density at radius 1 is 1.16 bits per heavy atom. The minimum Gasteiger partial charge on any atom is -0.399 e. The molecule has 1 aliphatic rings. The second-order valence-electron chi connectivity index (χ2n) is 5.91.